The number of hydrogen-bond acceptors (Lipinski definition) is 3. The molecule has 0 saturated carbocycles. The van der Waals surface area contributed by atoms with E-state index >= 15 is 0 Å². The zero-order valence-electron chi connectivity index (χ0n) is 6.38. The van der Waals surface area contributed by atoms with Crippen LogP contribution in [0.25, 0.3) is 5.69 Å². The Morgan fingerprint density at radius 3 is 2.50 bits per heavy atom. The van der Waals surface area contributed by atoms with E-state index < -0.39 is 0 Å². The van der Waals surface area contributed by atoms with E-state index in [1.165, 1.54) is 0 Å². The maximum Gasteiger partial charge on any atom is 0.143 e. The number of hydrogen-bond donors (Lipinski definition) is 0. The van der Waals surface area contributed by atoms with Crippen molar-refractivity contribution < 1.29 is 0 Å². The van der Waals surface area contributed by atoms with Gasteiger partial charge in [-0.15, -0.1) is 5.10 Å². The van der Waals surface area contributed by atoms with Gasteiger partial charge in [-0.1, -0.05) is 12.1 Å². The number of aromatic nitrogens is 4. The molecule has 0 aliphatic heterocycles. The average Bonchev–Trinajstić information content (AvgIpc) is 2.58. The van der Waals surface area contributed by atoms with Crippen LogP contribution in [0.4, 0.5) is 0 Å². The van der Waals surface area contributed by atoms with Crippen LogP contribution in [0, 0.1) is 6.92 Å². The minimum Gasteiger partial charge on any atom is -0.201 e. The molecule has 2 rings (SSSR count). The quantitative estimate of drug-likeness (QED) is 0.619. The Hall–Kier alpha value is -1.71. The van der Waals surface area contributed by atoms with Gasteiger partial charge in [0.2, 0.25) is 0 Å². The fourth-order valence-electron chi connectivity index (χ4n) is 0.928. The van der Waals surface area contributed by atoms with Crippen molar-refractivity contribution in [1.29, 1.82) is 0 Å². The molecule has 1 aromatic carbocycles. The molecule has 1 heterocycles. The fourth-order valence-corrected chi connectivity index (χ4v) is 0.928. The Labute approximate surface area is 69.8 Å². The number of nitrogens with zero attached hydrogens (tertiary/aromatic N) is 4. The van der Waals surface area contributed by atoms with Crippen molar-refractivity contribution in [3.05, 3.63) is 43.1 Å². The van der Waals surface area contributed by atoms with Gasteiger partial charge in [-0.25, -0.2) is 4.68 Å². The number of rotatable bonds is 1. The van der Waals surface area contributed by atoms with Gasteiger partial charge in [0.1, 0.15) is 6.33 Å². The first kappa shape index (κ1) is 6.97. The van der Waals surface area contributed by atoms with Crippen LogP contribution in [-0.2, 0) is 0 Å². The second-order valence-electron chi connectivity index (χ2n) is 2.42. The van der Waals surface area contributed by atoms with Gasteiger partial charge in [0.25, 0.3) is 0 Å². The van der Waals surface area contributed by atoms with Crippen molar-refractivity contribution in [3.8, 4) is 5.69 Å². The Kier molecular flexibility index (Phi) is 1.59. The Bertz CT molecular complexity index is 349. The molecule has 0 aliphatic carbocycles. The van der Waals surface area contributed by atoms with E-state index in [1.54, 1.807) is 11.0 Å². The van der Waals surface area contributed by atoms with Crippen LogP contribution in [0.2, 0.25) is 0 Å². The van der Waals surface area contributed by atoms with E-state index in [-0.39, 0.29) is 0 Å². The largest absolute Gasteiger partial charge is 0.201 e. The first-order valence-corrected chi connectivity index (χ1v) is 3.51. The van der Waals surface area contributed by atoms with Gasteiger partial charge in [0.05, 0.1) is 5.69 Å². The predicted octanol–water partition coefficient (Wildman–Crippen LogP) is 0.844. The third-order valence-corrected chi connectivity index (χ3v) is 1.55. The zero-order valence-corrected chi connectivity index (χ0v) is 6.38. The molecule has 1 aromatic heterocycles. The summed E-state index contributed by atoms with van der Waals surface area (Å²) in [7, 11) is 0. The van der Waals surface area contributed by atoms with Gasteiger partial charge in [-0.3, -0.25) is 0 Å². The standard InChI is InChI=1S/C8H7N4/c1-7-2-4-8(5-3-7)12-6-9-10-11-12/h2-6H,1H2. The molecule has 0 saturated heterocycles. The van der Waals surface area contributed by atoms with Crippen LogP contribution >= 0.6 is 0 Å². The molecule has 0 atom stereocenters. The molecule has 0 spiro atoms. The molecule has 0 amide bonds. The summed E-state index contributed by atoms with van der Waals surface area (Å²) in [5.74, 6) is 0. The van der Waals surface area contributed by atoms with Crippen molar-refractivity contribution in [2.45, 2.75) is 0 Å². The lowest BCUT2D eigenvalue weighted by Gasteiger charge is -1.97. The highest BCUT2D eigenvalue weighted by Gasteiger charge is 1.94. The van der Waals surface area contributed by atoms with Crippen LogP contribution in [0.15, 0.2) is 30.6 Å². The summed E-state index contributed by atoms with van der Waals surface area (Å²) >= 11 is 0. The molecule has 0 aliphatic rings. The lowest BCUT2D eigenvalue weighted by molar-refractivity contribution is 0.789. The number of tetrazole rings is 1. The van der Waals surface area contributed by atoms with Crippen molar-refractivity contribution in [3.63, 3.8) is 0 Å². The second-order valence-corrected chi connectivity index (χ2v) is 2.42. The van der Waals surface area contributed by atoms with Gasteiger partial charge in [-0.2, -0.15) is 0 Å². The summed E-state index contributed by atoms with van der Waals surface area (Å²) < 4.78 is 1.60. The molecule has 0 N–H and O–H groups in total. The van der Waals surface area contributed by atoms with Gasteiger partial charge in [-0.05, 0) is 35.0 Å². The maximum absolute atomic E-state index is 3.78. The second kappa shape index (κ2) is 2.73. The maximum atomic E-state index is 3.78. The summed E-state index contributed by atoms with van der Waals surface area (Å²) in [6, 6.07) is 7.66. The first-order chi connectivity index (χ1) is 5.86. The van der Waals surface area contributed by atoms with E-state index in [9.17, 15) is 0 Å². The molecule has 1 radical (unpaired) electrons. The first-order valence-electron chi connectivity index (χ1n) is 3.51. The van der Waals surface area contributed by atoms with Crippen LogP contribution in [0.5, 0.6) is 0 Å². The summed E-state index contributed by atoms with van der Waals surface area (Å²) in [5.41, 5.74) is 1.92. The van der Waals surface area contributed by atoms with Crippen LogP contribution in [0.3, 0.4) is 0 Å². The lowest BCUT2D eigenvalue weighted by Crippen LogP contribution is -1.94. The van der Waals surface area contributed by atoms with Gasteiger partial charge < -0.3 is 0 Å². The normalized spacial score (nSPS) is 10.1. The molecule has 0 unspecified atom stereocenters. The molecule has 2 aromatic rings. The van der Waals surface area contributed by atoms with E-state index in [2.05, 4.69) is 22.4 Å². The fraction of sp³-hybridized carbons (Fsp3) is 0. The smallest absolute Gasteiger partial charge is 0.143 e. The molecule has 12 heavy (non-hydrogen) atoms. The van der Waals surface area contributed by atoms with Gasteiger partial charge in [0.15, 0.2) is 0 Å². The van der Waals surface area contributed by atoms with Gasteiger partial charge in [0, 0.05) is 0 Å². The molecular weight excluding hydrogens is 152 g/mol. The van der Waals surface area contributed by atoms with Crippen molar-refractivity contribution in [1.82, 2.24) is 20.2 Å². The van der Waals surface area contributed by atoms with Crippen molar-refractivity contribution in [2.24, 2.45) is 0 Å². The summed E-state index contributed by atoms with van der Waals surface area (Å²) in [6.45, 7) is 3.78. The monoisotopic (exact) mass is 159 g/mol. The SMILES string of the molecule is [CH2]c1ccc(-n2cnnn2)cc1. The molecule has 4 nitrogen and oxygen atoms in total. The third-order valence-electron chi connectivity index (χ3n) is 1.55. The summed E-state index contributed by atoms with van der Waals surface area (Å²) in [4.78, 5) is 0. The predicted molar refractivity (Wildman–Crippen MR) is 43.6 cm³/mol. The highest BCUT2D eigenvalue weighted by molar-refractivity contribution is 5.33. The van der Waals surface area contributed by atoms with E-state index in [0.29, 0.717) is 0 Å². The molecule has 4 heteroatoms. The van der Waals surface area contributed by atoms with E-state index in [4.69, 9.17) is 0 Å². The highest BCUT2D eigenvalue weighted by Crippen LogP contribution is 2.05. The topological polar surface area (TPSA) is 43.6 Å². The Morgan fingerprint density at radius 1 is 1.17 bits per heavy atom. The third kappa shape index (κ3) is 1.18. The molecule has 59 valence electrons. The average molecular weight is 159 g/mol. The highest BCUT2D eigenvalue weighted by atomic mass is 15.5. The van der Waals surface area contributed by atoms with Gasteiger partial charge >= 0.3 is 0 Å². The van der Waals surface area contributed by atoms with Crippen LogP contribution < -0.4 is 0 Å². The molecule has 0 bridgehead atoms. The Morgan fingerprint density at radius 2 is 1.92 bits per heavy atom. The van der Waals surface area contributed by atoms with Crippen molar-refractivity contribution >= 4 is 0 Å². The Balaban J connectivity index is 2.43. The minimum absolute atomic E-state index is 0.937. The summed E-state index contributed by atoms with van der Waals surface area (Å²) in [5, 5.41) is 10.8. The summed E-state index contributed by atoms with van der Waals surface area (Å²) in [6.07, 6.45) is 1.55. The molecule has 0 fully saturated rings. The van der Waals surface area contributed by atoms with Crippen LogP contribution in [-0.4, -0.2) is 20.2 Å². The minimum atomic E-state index is 0.937. The zero-order chi connectivity index (χ0) is 8.39. The van der Waals surface area contributed by atoms with Crippen LogP contribution in [0.1, 0.15) is 5.56 Å². The molecular formula is C8H7N4. The van der Waals surface area contributed by atoms with Crippen molar-refractivity contribution in [2.75, 3.05) is 0 Å². The number of benzene rings is 1. The lowest BCUT2D eigenvalue weighted by atomic mass is 10.2. The van der Waals surface area contributed by atoms with E-state index in [0.717, 1.165) is 11.3 Å². The van der Waals surface area contributed by atoms with E-state index in [1.807, 2.05) is 24.3 Å².